The molecule has 10 nitrogen and oxygen atoms in total. The summed E-state index contributed by atoms with van der Waals surface area (Å²) in [4.78, 5) is 25.3. The highest BCUT2D eigenvalue weighted by Crippen LogP contribution is 2.58. The molecule has 2 saturated carbocycles. The van der Waals surface area contributed by atoms with Crippen molar-refractivity contribution in [2.45, 2.75) is 44.8 Å². The smallest absolute Gasteiger partial charge is 0.489 e. The Kier molecular flexibility index (Phi) is 8.14. The Morgan fingerprint density at radius 3 is 2.48 bits per heavy atom. The lowest BCUT2D eigenvalue weighted by molar-refractivity contribution is -0.274. The summed E-state index contributed by atoms with van der Waals surface area (Å²) in [6.45, 7) is 4.98. The van der Waals surface area contributed by atoms with Crippen LogP contribution in [0.25, 0.3) is 11.3 Å². The second kappa shape index (κ2) is 12.3. The molecule has 0 radical (unpaired) electrons. The van der Waals surface area contributed by atoms with E-state index in [4.69, 9.17) is 15.2 Å². The number of aromatic nitrogens is 2. The number of nitrogen functional groups attached to an aromatic ring is 1. The van der Waals surface area contributed by atoms with Gasteiger partial charge in [-0.15, -0.1) is 13.2 Å². The normalized spacial score (nSPS) is 23.8. The fourth-order valence-electron chi connectivity index (χ4n) is 7.40. The van der Waals surface area contributed by atoms with Crippen molar-refractivity contribution in [3.8, 4) is 22.8 Å². The number of hydrogen-bond donors (Lipinski definition) is 2. The van der Waals surface area contributed by atoms with Crippen molar-refractivity contribution in [2.24, 2.45) is 17.8 Å². The molecular formula is C33H36F3N5O5. The van der Waals surface area contributed by atoms with Crippen LogP contribution in [0.2, 0.25) is 0 Å². The summed E-state index contributed by atoms with van der Waals surface area (Å²) >= 11 is 0. The molecule has 0 bridgehead atoms. The van der Waals surface area contributed by atoms with Crippen molar-refractivity contribution >= 4 is 17.7 Å². The summed E-state index contributed by atoms with van der Waals surface area (Å²) in [5.41, 5.74) is 10.9. The average Bonchev–Trinajstić information content (AvgIpc) is 3.62. The molecular weight excluding hydrogens is 603 g/mol. The van der Waals surface area contributed by atoms with Crippen molar-refractivity contribution in [1.29, 1.82) is 0 Å². The molecule has 4 aliphatic rings. The molecule has 1 aliphatic heterocycles. The molecule has 3 aromatic rings. The Balaban J connectivity index is 0.945. The molecule has 0 amide bonds. The number of ether oxygens (including phenoxy) is 3. The Bertz CT molecular complexity index is 1600. The lowest BCUT2D eigenvalue weighted by atomic mass is 9.88. The number of alkyl halides is 3. The Morgan fingerprint density at radius 1 is 1.00 bits per heavy atom. The fraction of sp³-hybridized carbons (Fsp3) is 0.485. The van der Waals surface area contributed by atoms with Crippen molar-refractivity contribution in [3.05, 3.63) is 59.2 Å². The highest BCUT2D eigenvalue weighted by atomic mass is 19.4. The molecule has 7 rings (SSSR count). The number of anilines is 2. The number of carboxylic acid groups (broad SMARTS) is 1. The zero-order valence-electron chi connectivity index (χ0n) is 25.2. The third kappa shape index (κ3) is 6.43. The van der Waals surface area contributed by atoms with Gasteiger partial charge in [-0.1, -0.05) is 12.1 Å². The van der Waals surface area contributed by atoms with E-state index in [1.54, 1.807) is 12.1 Å². The SMILES string of the molecule is Nc1nc2c(c(N3CCN(CCOC4CCC5C(C(=O)O)C45)CC3)n1)CCc1cc(OCc3ccc(OC(F)(F)F)cc3)ccc1-2. The Hall–Kier alpha value is -4.10. The summed E-state index contributed by atoms with van der Waals surface area (Å²) in [6, 6.07) is 11.4. The molecule has 244 valence electrons. The van der Waals surface area contributed by atoms with Gasteiger partial charge in [-0.05, 0) is 73.1 Å². The number of aliphatic carboxylic acids is 1. The summed E-state index contributed by atoms with van der Waals surface area (Å²) in [7, 11) is 0. The van der Waals surface area contributed by atoms with Crippen molar-refractivity contribution < 1.29 is 37.3 Å². The maximum atomic E-state index is 12.4. The van der Waals surface area contributed by atoms with E-state index >= 15 is 0 Å². The van der Waals surface area contributed by atoms with Crippen LogP contribution in [0.1, 0.15) is 29.5 Å². The monoisotopic (exact) mass is 639 g/mol. The zero-order valence-corrected chi connectivity index (χ0v) is 25.2. The number of aryl methyl sites for hydroxylation is 1. The van der Waals surface area contributed by atoms with Crippen molar-refractivity contribution in [2.75, 3.05) is 50.0 Å². The van der Waals surface area contributed by atoms with Crippen LogP contribution < -0.4 is 20.1 Å². The number of rotatable bonds is 10. The first-order chi connectivity index (χ1) is 22.1. The molecule has 4 unspecified atom stereocenters. The lowest BCUT2D eigenvalue weighted by Gasteiger charge is -2.37. The molecule has 13 heteroatoms. The molecule has 46 heavy (non-hydrogen) atoms. The first-order valence-electron chi connectivity index (χ1n) is 15.7. The van der Waals surface area contributed by atoms with Crippen molar-refractivity contribution in [1.82, 2.24) is 14.9 Å². The number of piperazine rings is 1. The van der Waals surface area contributed by atoms with Gasteiger partial charge in [0.1, 0.15) is 23.9 Å². The van der Waals surface area contributed by atoms with Gasteiger partial charge >= 0.3 is 12.3 Å². The number of carbonyl (C=O) groups is 1. The Morgan fingerprint density at radius 2 is 1.76 bits per heavy atom. The molecule has 2 aromatic carbocycles. The van der Waals surface area contributed by atoms with Crippen LogP contribution in [0.5, 0.6) is 11.5 Å². The maximum Gasteiger partial charge on any atom is 0.573 e. The zero-order chi connectivity index (χ0) is 32.0. The highest BCUT2D eigenvalue weighted by Gasteiger charge is 2.62. The van der Waals surface area contributed by atoms with Crippen LogP contribution in [0, 0.1) is 17.8 Å². The molecule has 0 spiro atoms. The highest BCUT2D eigenvalue weighted by molar-refractivity contribution is 5.76. The second-order valence-corrected chi connectivity index (χ2v) is 12.5. The van der Waals surface area contributed by atoms with Gasteiger partial charge in [0.2, 0.25) is 5.95 Å². The van der Waals surface area contributed by atoms with Gasteiger partial charge in [-0.25, -0.2) is 4.98 Å². The summed E-state index contributed by atoms with van der Waals surface area (Å²) in [6.07, 6.45) is -1.18. The number of benzene rings is 2. The molecule has 4 atom stereocenters. The Labute approximate surface area is 264 Å². The van der Waals surface area contributed by atoms with Gasteiger partial charge in [0.25, 0.3) is 0 Å². The number of nitrogens with zero attached hydrogens (tertiary/aromatic N) is 4. The largest absolute Gasteiger partial charge is 0.573 e. The van der Waals surface area contributed by atoms with E-state index in [1.807, 2.05) is 18.2 Å². The topological polar surface area (TPSA) is 123 Å². The van der Waals surface area contributed by atoms with Crippen molar-refractivity contribution in [3.63, 3.8) is 0 Å². The van der Waals surface area contributed by atoms with Gasteiger partial charge in [0.15, 0.2) is 0 Å². The molecule has 1 saturated heterocycles. The fourth-order valence-corrected chi connectivity index (χ4v) is 7.40. The van der Waals surface area contributed by atoms with E-state index in [9.17, 15) is 23.1 Å². The van der Waals surface area contributed by atoms with E-state index < -0.39 is 12.3 Å². The van der Waals surface area contributed by atoms with Gasteiger partial charge in [0.05, 0.1) is 24.3 Å². The number of nitrogens with two attached hydrogens (primary N) is 1. The first-order valence-corrected chi connectivity index (χ1v) is 15.7. The summed E-state index contributed by atoms with van der Waals surface area (Å²) < 4.78 is 53.3. The third-order valence-corrected chi connectivity index (χ3v) is 9.68. The first kappa shape index (κ1) is 30.5. The van der Waals surface area contributed by atoms with E-state index in [0.717, 1.165) is 92.2 Å². The van der Waals surface area contributed by atoms with Gasteiger partial charge in [-0.3, -0.25) is 9.69 Å². The van der Waals surface area contributed by atoms with Crippen LogP contribution in [0.4, 0.5) is 24.9 Å². The predicted octanol–water partition coefficient (Wildman–Crippen LogP) is 4.55. The minimum absolute atomic E-state index is 0.0796. The molecule has 3 fully saturated rings. The maximum absolute atomic E-state index is 12.4. The van der Waals surface area contributed by atoms with Crippen LogP contribution in [-0.2, 0) is 29.0 Å². The number of carboxylic acids is 1. The van der Waals surface area contributed by atoms with Crippen LogP contribution in [0.3, 0.4) is 0 Å². The van der Waals surface area contributed by atoms with Gasteiger partial charge in [-0.2, -0.15) is 4.98 Å². The minimum atomic E-state index is -4.73. The number of fused-ring (bicyclic) bond motifs is 4. The minimum Gasteiger partial charge on any atom is -0.489 e. The van der Waals surface area contributed by atoms with Crippen LogP contribution in [0.15, 0.2) is 42.5 Å². The quantitative estimate of drug-likeness (QED) is 0.327. The molecule has 1 aromatic heterocycles. The van der Waals surface area contributed by atoms with Crippen LogP contribution >= 0.6 is 0 Å². The van der Waals surface area contributed by atoms with E-state index in [-0.39, 0.29) is 36.2 Å². The van der Waals surface area contributed by atoms with Gasteiger partial charge in [0, 0.05) is 49.8 Å². The van der Waals surface area contributed by atoms with E-state index in [1.165, 1.54) is 12.1 Å². The lowest BCUT2D eigenvalue weighted by Crippen LogP contribution is -2.48. The average molecular weight is 640 g/mol. The van der Waals surface area contributed by atoms with Crippen LogP contribution in [-0.4, -0.2) is 77.7 Å². The van der Waals surface area contributed by atoms with E-state index in [2.05, 4.69) is 24.5 Å². The summed E-state index contributed by atoms with van der Waals surface area (Å²) in [5.74, 6) is 1.11. The number of halogens is 3. The third-order valence-electron chi connectivity index (χ3n) is 9.68. The van der Waals surface area contributed by atoms with Gasteiger partial charge < -0.3 is 30.0 Å². The number of hydrogen-bond acceptors (Lipinski definition) is 9. The molecule has 2 heterocycles. The predicted molar refractivity (Wildman–Crippen MR) is 162 cm³/mol. The standard InChI is InChI=1S/C33H36F3N5O5/c34-33(35,36)46-21-4-1-19(2-5-21)18-45-22-6-8-23-20(17-22)3-7-25-29(23)38-32(37)39-30(25)41-13-11-40(12-14-41)15-16-44-26-10-9-24-27(26)28(24)31(42)43/h1-2,4-6,8,17,24,26-28H,3,7,9-16,18H2,(H,42,43)(H2,37,38,39). The molecule has 3 aliphatic carbocycles. The second-order valence-electron chi connectivity index (χ2n) is 12.5. The van der Waals surface area contributed by atoms with E-state index in [0.29, 0.717) is 18.3 Å². The molecule has 3 N–H and O–H groups in total. The summed E-state index contributed by atoms with van der Waals surface area (Å²) in [5, 5.41) is 9.34.